The van der Waals surface area contributed by atoms with Crippen LogP contribution in [-0.4, -0.2) is 0 Å². The quantitative estimate of drug-likeness (QED) is 0.166. The lowest BCUT2D eigenvalue weighted by Gasteiger charge is -2.37. The molecule has 11 aromatic rings. The van der Waals surface area contributed by atoms with Gasteiger partial charge in [0.1, 0.15) is 11.2 Å². The maximum absolute atomic E-state index is 6.81. The van der Waals surface area contributed by atoms with E-state index in [-0.39, 0.29) is 0 Å². The molecule has 2 aliphatic carbocycles. The van der Waals surface area contributed by atoms with Crippen LogP contribution in [0.2, 0.25) is 0 Å². The molecule has 1 heterocycles. The summed E-state index contributed by atoms with van der Waals surface area (Å²) in [4.78, 5) is 2.37. The van der Waals surface area contributed by atoms with E-state index in [4.69, 9.17) is 11.0 Å². The second kappa shape index (κ2) is 16.0. The highest BCUT2D eigenvalue weighted by Crippen LogP contribution is 2.60. The molecular weight excluding hydrogens is 823 g/mol. The van der Waals surface area contributed by atoms with Gasteiger partial charge < -0.3 is 9.32 Å². The number of furan rings is 1. The molecule has 2 aliphatic rings. The van der Waals surface area contributed by atoms with Gasteiger partial charge in [-0.3, -0.25) is 0 Å². The highest BCUT2D eigenvalue weighted by Gasteiger charge is 2.49. The Bertz CT molecular complexity index is 3810. The highest BCUT2D eigenvalue weighted by molar-refractivity contribution is 6.07. The number of allylic oxidation sites excluding steroid dienone is 5. The number of para-hydroxylation sites is 1. The van der Waals surface area contributed by atoms with Crippen molar-refractivity contribution in [3.63, 3.8) is 0 Å². The molecule has 0 saturated heterocycles. The van der Waals surface area contributed by atoms with Crippen molar-refractivity contribution in [2.24, 2.45) is 0 Å². The van der Waals surface area contributed by atoms with E-state index >= 15 is 0 Å². The van der Waals surface area contributed by atoms with Crippen LogP contribution in [0, 0.1) is 0 Å². The van der Waals surface area contributed by atoms with Crippen molar-refractivity contribution in [2.75, 3.05) is 4.90 Å². The summed E-state index contributed by atoms with van der Waals surface area (Å²) >= 11 is 0. The fourth-order valence-corrected chi connectivity index (χ4v) is 11.3. The van der Waals surface area contributed by atoms with Crippen LogP contribution in [0.3, 0.4) is 0 Å². The molecule has 0 saturated carbocycles. The molecule has 13 rings (SSSR count). The lowest BCUT2D eigenvalue weighted by Crippen LogP contribution is -2.30. The Balaban J connectivity index is 0.967. The SMILES string of the molecule is C=C1/C=C\C=C/Cc2c(ccc3c2oc2ccccc23)C12c1ccccc1-c1cccc(-c3ccc(N(c4ccc(-c5ccccc5)cc4)c4ccc(-c5cccc6ccccc56)cc4)cc3)c12. The molecule has 2 heteroatoms. The van der Waals surface area contributed by atoms with Gasteiger partial charge in [0.25, 0.3) is 0 Å². The van der Waals surface area contributed by atoms with Crippen molar-refractivity contribution < 1.29 is 4.42 Å². The minimum atomic E-state index is -0.690. The predicted octanol–water partition coefficient (Wildman–Crippen LogP) is 17.7. The van der Waals surface area contributed by atoms with Crippen molar-refractivity contribution in [2.45, 2.75) is 11.8 Å². The maximum atomic E-state index is 6.81. The summed E-state index contributed by atoms with van der Waals surface area (Å²) in [6, 6.07) is 81.6. The smallest absolute Gasteiger partial charge is 0.139 e. The first kappa shape index (κ1) is 39.6. The van der Waals surface area contributed by atoms with Crippen molar-refractivity contribution in [3.8, 4) is 44.5 Å². The summed E-state index contributed by atoms with van der Waals surface area (Å²) in [5.41, 5.74) is 19.9. The minimum absolute atomic E-state index is 0.690. The van der Waals surface area contributed by atoms with E-state index in [1.54, 1.807) is 0 Å². The van der Waals surface area contributed by atoms with E-state index in [9.17, 15) is 0 Å². The first-order chi connectivity index (χ1) is 33.6. The van der Waals surface area contributed by atoms with Crippen LogP contribution in [0.5, 0.6) is 0 Å². The van der Waals surface area contributed by atoms with E-state index in [1.807, 2.05) is 0 Å². The Hall–Kier alpha value is -8.72. The van der Waals surface area contributed by atoms with Crippen LogP contribution in [0.4, 0.5) is 17.1 Å². The summed E-state index contributed by atoms with van der Waals surface area (Å²) in [5, 5.41) is 4.76. The van der Waals surface area contributed by atoms with Gasteiger partial charge in [-0.05, 0) is 126 Å². The third kappa shape index (κ3) is 6.18. The number of rotatable bonds is 6. The topological polar surface area (TPSA) is 16.4 Å². The van der Waals surface area contributed by atoms with Crippen molar-refractivity contribution >= 4 is 49.8 Å². The van der Waals surface area contributed by atoms with Gasteiger partial charge in [-0.25, -0.2) is 0 Å². The van der Waals surface area contributed by atoms with Crippen molar-refractivity contribution in [1.82, 2.24) is 0 Å². The molecule has 0 radical (unpaired) electrons. The summed E-state index contributed by atoms with van der Waals surface area (Å²) in [5.74, 6) is 0. The predicted molar refractivity (Wildman–Crippen MR) is 285 cm³/mol. The molecule has 0 amide bonds. The maximum Gasteiger partial charge on any atom is 0.139 e. The third-order valence-corrected chi connectivity index (χ3v) is 14.4. The normalized spacial score (nSPS) is 15.9. The van der Waals surface area contributed by atoms with Crippen LogP contribution in [0.25, 0.3) is 77.2 Å². The van der Waals surface area contributed by atoms with Gasteiger partial charge in [0.2, 0.25) is 0 Å². The number of hydrogen-bond donors (Lipinski definition) is 0. The molecule has 68 heavy (non-hydrogen) atoms. The second-order valence-corrected chi connectivity index (χ2v) is 18.0. The average Bonchev–Trinajstić information content (AvgIpc) is 3.95. The number of anilines is 3. The summed E-state index contributed by atoms with van der Waals surface area (Å²) in [6.45, 7) is 4.96. The molecule has 10 aromatic carbocycles. The molecule has 0 fully saturated rings. The summed E-state index contributed by atoms with van der Waals surface area (Å²) in [6.07, 6.45) is 9.50. The largest absolute Gasteiger partial charge is 0.456 e. The number of nitrogens with zero attached hydrogens (tertiary/aromatic N) is 1. The zero-order valence-corrected chi connectivity index (χ0v) is 37.4. The van der Waals surface area contributed by atoms with Gasteiger partial charge >= 0.3 is 0 Å². The first-order valence-electron chi connectivity index (χ1n) is 23.5. The number of fused-ring (bicyclic) bond motifs is 12. The fourth-order valence-electron chi connectivity index (χ4n) is 11.3. The molecule has 0 bridgehead atoms. The zero-order valence-electron chi connectivity index (χ0n) is 37.4. The van der Waals surface area contributed by atoms with Crippen LogP contribution >= 0.6 is 0 Å². The third-order valence-electron chi connectivity index (χ3n) is 14.4. The molecule has 2 nitrogen and oxygen atoms in total. The number of hydrogen-bond acceptors (Lipinski definition) is 2. The number of benzene rings is 10. The fraction of sp³-hybridized carbons (Fsp3) is 0.0303. The van der Waals surface area contributed by atoms with Gasteiger partial charge in [0.15, 0.2) is 0 Å². The summed E-state index contributed by atoms with van der Waals surface area (Å²) in [7, 11) is 0. The Kier molecular flexibility index (Phi) is 9.33. The lowest BCUT2D eigenvalue weighted by molar-refractivity contribution is 0.659. The van der Waals surface area contributed by atoms with Crippen LogP contribution in [0.15, 0.2) is 265 Å². The van der Waals surface area contributed by atoms with Gasteiger partial charge in [0, 0.05) is 33.4 Å². The minimum Gasteiger partial charge on any atom is -0.456 e. The monoisotopic (exact) mass is 867 g/mol. The zero-order chi connectivity index (χ0) is 45.2. The molecule has 1 aromatic heterocycles. The van der Waals surface area contributed by atoms with Crippen molar-refractivity contribution in [1.29, 1.82) is 0 Å². The summed E-state index contributed by atoms with van der Waals surface area (Å²) < 4.78 is 6.81. The molecule has 0 N–H and O–H groups in total. The van der Waals surface area contributed by atoms with Crippen LogP contribution in [0.1, 0.15) is 22.3 Å². The Morgan fingerprint density at radius 2 is 0.985 bits per heavy atom. The van der Waals surface area contributed by atoms with E-state index in [1.165, 1.54) is 72.0 Å². The molecule has 1 atom stereocenters. The standard InChI is InChI=1S/C66H45NO/c1-44-16-4-2-7-24-60-62(43-42-59-57-23-11-13-29-63(57)68-65(59)60)66(44)61-28-12-10-22-56(61)58-27-15-26-55(64(58)66)49-34-40-52(41-35-49)67(50-36-30-46(31-37-50)45-17-5-3-6-18-45)51-38-32-48(33-39-51)54-25-14-20-47-19-8-9-21-53(47)54/h2-23,25-43H,1,24H2/b7-2-,16-4-. The first-order valence-corrected chi connectivity index (χ1v) is 23.5. The molecule has 1 unspecified atom stereocenters. The Labute approximate surface area is 396 Å². The van der Waals surface area contributed by atoms with Gasteiger partial charge in [-0.1, -0.05) is 213 Å². The molecule has 1 spiro atoms. The molecular formula is C66H45NO. The van der Waals surface area contributed by atoms with E-state index in [2.05, 4.69) is 254 Å². The van der Waals surface area contributed by atoms with Gasteiger partial charge in [-0.2, -0.15) is 0 Å². The second-order valence-electron chi connectivity index (χ2n) is 18.0. The van der Waals surface area contributed by atoms with Crippen LogP contribution < -0.4 is 4.90 Å². The molecule has 0 aliphatic heterocycles. The Morgan fingerprint density at radius 3 is 1.76 bits per heavy atom. The van der Waals surface area contributed by atoms with E-state index in [0.717, 1.165) is 56.6 Å². The van der Waals surface area contributed by atoms with Gasteiger partial charge in [0.05, 0.1) is 5.41 Å². The van der Waals surface area contributed by atoms with E-state index < -0.39 is 5.41 Å². The lowest BCUT2D eigenvalue weighted by atomic mass is 9.64. The van der Waals surface area contributed by atoms with Crippen molar-refractivity contribution in [3.05, 3.63) is 283 Å². The van der Waals surface area contributed by atoms with Crippen LogP contribution in [-0.2, 0) is 11.8 Å². The highest BCUT2D eigenvalue weighted by atomic mass is 16.3. The Morgan fingerprint density at radius 1 is 0.412 bits per heavy atom. The van der Waals surface area contributed by atoms with Gasteiger partial charge in [-0.15, -0.1) is 0 Å². The average molecular weight is 868 g/mol. The van der Waals surface area contributed by atoms with E-state index in [0.29, 0.717) is 0 Å². The molecule has 320 valence electrons.